The summed E-state index contributed by atoms with van der Waals surface area (Å²) < 4.78 is 0. The highest BCUT2D eigenvalue weighted by Crippen LogP contribution is 2.17. The first-order chi connectivity index (χ1) is 10.3. The molecule has 0 aromatic carbocycles. The first-order valence-electron chi connectivity index (χ1n) is 9.14. The van der Waals surface area contributed by atoms with E-state index in [9.17, 15) is 4.79 Å². The molecule has 126 valence electrons. The van der Waals surface area contributed by atoms with Gasteiger partial charge in [-0.25, -0.2) is 0 Å². The van der Waals surface area contributed by atoms with Crippen molar-refractivity contribution in [1.29, 1.82) is 0 Å². The van der Waals surface area contributed by atoms with Gasteiger partial charge in [-0.3, -0.25) is 4.79 Å². The molecule has 0 rings (SSSR count). The molecule has 0 saturated heterocycles. The van der Waals surface area contributed by atoms with Crippen LogP contribution in [0.4, 0.5) is 0 Å². The highest BCUT2D eigenvalue weighted by Gasteiger charge is 2.16. The molecule has 0 aliphatic carbocycles. The standard InChI is InChI=1S/C18H37NO2/c1-3-5-7-10-14-17(13-6-4-2)18(21)19-15-11-8-9-12-16-20/h17,20H,3-16H2,1-2H3,(H,19,21). The Kier molecular flexibility index (Phi) is 15.4. The second-order valence-electron chi connectivity index (χ2n) is 6.12. The summed E-state index contributed by atoms with van der Waals surface area (Å²) in [5.74, 6) is 0.487. The Labute approximate surface area is 131 Å². The van der Waals surface area contributed by atoms with Gasteiger partial charge in [0.1, 0.15) is 0 Å². The lowest BCUT2D eigenvalue weighted by Gasteiger charge is -2.16. The third-order valence-electron chi connectivity index (χ3n) is 4.07. The van der Waals surface area contributed by atoms with E-state index in [2.05, 4.69) is 19.2 Å². The molecule has 0 heterocycles. The Hall–Kier alpha value is -0.570. The van der Waals surface area contributed by atoms with Crippen LogP contribution in [0, 0.1) is 5.92 Å². The highest BCUT2D eigenvalue weighted by molar-refractivity contribution is 5.78. The summed E-state index contributed by atoms with van der Waals surface area (Å²) in [6, 6.07) is 0. The predicted octanol–water partition coefficient (Wildman–Crippen LogP) is 4.43. The van der Waals surface area contributed by atoms with Crippen LogP contribution in [0.1, 0.15) is 90.9 Å². The Morgan fingerprint density at radius 2 is 1.48 bits per heavy atom. The maximum absolute atomic E-state index is 12.3. The fourth-order valence-electron chi connectivity index (χ4n) is 2.62. The molecule has 2 N–H and O–H groups in total. The SMILES string of the molecule is CCCCCCC(CCCC)C(=O)NCCCCCCO. The van der Waals surface area contributed by atoms with Gasteiger partial charge in [0.2, 0.25) is 5.91 Å². The van der Waals surface area contributed by atoms with E-state index in [1.165, 1.54) is 32.1 Å². The minimum Gasteiger partial charge on any atom is -0.396 e. The van der Waals surface area contributed by atoms with Gasteiger partial charge in [0.15, 0.2) is 0 Å². The molecule has 0 radical (unpaired) electrons. The Morgan fingerprint density at radius 1 is 0.857 bits per heavy atom. The summed E-state index contributed by atoms with van der Waals surface area (Å²) in [5.41, 5.74) is 0. The molecule has 0 aliphatic heterocycles. The summed E-state index contributed by atoms with van der Waals surface area (Å²) >= 11 is 0. The average molecular weight is 299 g/mol. The molecule has 3 heteroatoms. The number of hydrogen-bond donors (Lipinski definition) is 2. The molecule has 0 saturated carbocycles. The molecular weight excluding hydrogens is 262 g/mol. The summed E-state index contributed by atoms with van der Waals surface area (Å²) in [5, 5.41) is 11.8. The minimum atomic E-state index is 0.222. The molecule has 0 aromatic rings. The first-order valence-corrected chi connectivity index (χ1v) is 9.14. The van der Waals surface area contributed by atoms with Crippen LogP contribution >= 0.6 is 0 Å². The third-order valence-corrected chi connectivity index (χ3v) is 4.07. The molecular formula is C18H37NO2. The largest absolute Gasteiger partial charge is 0.396 e. The number of rotatable bonds is 15. The lowest BCUT2D eigenvalue weighted by Crippen LogP contribution is -2.31. The monoisotopic (exact) mass is 299 g/mol. The van der Waals surface area contributed by atoms with Crippen LogP contribution in [0.25, 0.3) is 0 Å². The Balaban J connectivity index is 3.83. The van der Waals surface area contributed by atoms with Crippen LogP contribution < -0.4 is 5.32 Å². The third kappa shape index (κ3) is 12.9. The van der Waals surface area contributed by atoms with Gasteiger partial charge in [-0.1, -0.05) is 65.2 Å². The van der Waals surface area contributed by atoms with Crippen LogP contribution in [0.5, 0.6) is 0 Å². The topological polar surface area (TPSA) is 49.3 Å². The zero-order chi connectivity index (χ0) is 15.8. The van der Waals surface area contributed by atoms with Crippen LogP contribution in [-0.2, 0) is 4.79 Å². The number of carbonyl (C=O) groups excluding carboxylic acids is 1. The van der Waals surface area contributed by atoms with Crippen LogP contribution in [0.15, 0.2) is 0 Å². The zero-order valence-corrected chi connectivity index (χ0v) is 14.3. The van der Waals surface area contributed by atoms with E-state index in [0.29, 0.717) is 0 Å². The Morgan fingerprint density at radius 3 is 2.14 bits per heavy atom. The summed E-state index contributed by atoms with van der Waals surface area (Å²) in [6.45, 7) is 5.48. The fourth-order valence-corrected chi connectivity index (χ4v) is 2.62. The second-order valence-corrected chi connectivity index (χ2v) is 6.12. The maximum Gasteiger partial charge on any atom is 0.223 e. The van der Waals surface area contributed by atoms with Gasteiger partial charge in [-0.15, -0.1) is 0 Å². The zero-order valence-electron chi connectivity index (χ0n) is 14.3. The number of carbonyl (C=O) groups is 1. The molecule has 0 aromatic heterocycles. The molecule has 3 nitrogen and oxygen atoms in total. The van der Waals surface area contributed by atoms with E-state index in [-0.39, 0.29) is 18.4 Å². The van der Waals surface area contributed by atoms with Crippen LogP contribution in [-0.4, -0.2) is 24.2 Å². The smallest absolute Gasteiger partial charge is 0.223 e. The van der Waals surface area contributed by atoms with Gasteiger partial charge in [-0.2, -0.15) is 0 Å². The summed E-state index contributed by atoms with van der Waals surface area (Å²) in [6.07, 6.45) is 13.5. The molecule has 21 heavy (non-hydrogen) atoms. The molecule has 1 unspecified atom stereocenters. The number of hydrogen-bond acceptors (Lipinski definition) is 2. The normalized spacial score (nSPS) is 12.3. The van der Waals surface area contributed by atoms with Crippen molar-refractivity contribution < 1.29 is 9.90 Å². The van der Waals surface area contributed by atoms with Crippen molar-refractivity contribution in [2.75, 3.05) is 13.2 Å². The van der Waals surface area contributed by atoms with Crippen molar-refractivity contribution in [2.45, 2.75) is 90.9 Å². The predicted molar refractivity (Wildman–Crippen MR) is 90.3 cm³/mol. The number of aliphatic hydroxyl groups is 1. The second kappa shape index (κ2) is 15.8. The maximum atomic E-state index is 12.3. The van der Waals surface area contributed by atoms with Crippen LogP contribution in [0.3, 0.4) is 0 Å². The van der Waals surface area contributed by atoms with Gasteiger partial charge in [-0.05, 0) is 25.7 Å². The van der Waals surface area contributed by atoms with Gasteiger partial charge in [0.25, 0.3) is 0 Å². The number of aliphatic hydroxyl groups excluding tert-OH is 1. The van der Waals surface area contributed by atoms with E-state index >= 15 is 0 Å². The van der Waals surface area contributed by atoms with Crippen molar-refractivity contribution in [3.05, 3.63) is 0 Å². The Bertz CT molecular complexity index is 231. The minimum absolute atomic E-state index is 0.222. The lowest BCUT2D eigenvalue weighted by atomic mass is 9.94. The van der Waals surface area contributed by atoms with E-state index in [0.717, 1.165) is 51.5 Å². The van der Waals surface area contributed by atoms with Crippen molar-refractivity contribution in [3.8, 4) is 0 Å². The van der Waals surface area contributed by atoms with Crippen LogP contribution in [0.2, 0.25) is 0 Å². The quantitative estimate of drug-likeness (QED) is 0.439. The summed E-state index contributed by atoms with van der Waals surface area (Å²) in [7, 11) is 0. The highest BCUT2D eigenvalue weighted by atomic mass is 16.2. The van der Waals surface area contributed by atoms with Gasteiger partial charge >= 0.3 is 0 Å². The lowest BCUT2D eigenvalue weighted by molar-refractivity contribution is -0.125. The number of unbranched alkanes of at least 4 members (excludes halogenated alkanes) is 7. The molecule has 0 fully saturated rings. The molecule has 1 atom stereocenters. The number of amides is 1. The van der Waals surface area contributed by atoms with Crippen molar-refractivity contribution >= 4 is 5.91 Å². The van der Waals surface area contributed by atoms with E-state index in [4.69, 9.17) is 5.11 Å². The van der Waals surface area contributed by atoms with Gasteiger partial charge in [0, 0.05) is 19.1 Å². The van der Waals surface area contributed by atoms with Gasteiger partial charge in [0.05, 0.1) is 0 Å². The van der Waals surface area contributed by atoms with E-state index in [1.807, 2.05) is 0 Å². The van der Waals surface area contributed by atoms with Crippen molar-refractivity contribution in [1.82, 2.24) is 5.32 Å². The van der Waals surface area contributed by atoms with E-state index < -0.39 is 0 Å². The summed E-state index contributed by atoms with van der Waals surface area (Å²) in [4.78, 5) is 12.3. The van der Waals surface area contributed by atoms with E-state index in [1.54, 1.807) is 0 Å². The van der Waals surface area contributed by atoms with Crippen molar-refractivity contribution in [2.24, 2.45) is 5.92 Å². The van der Waals surface area contributed by atoms with Crippen molar-refractivity contribution in [3.63, 3.8) is 0 Å². The molecule has 1 amide bonds. The van der Waals surface area contributed by atoms with Gasteiger partial charge < -0.3 is 10.4 Å². The molecule has 0 spiro atoms. The molecule has 0 bridgehead atoms. The average Bonchev–Trinajstić information content (AvgIpc) is 2.49. The number of nitrogens with one attached hydrogen (secondary N) is 1. The fraction of sp³-hybridized carbons (Fsp3) is 0.944. The first kappa shape index (κ1) is 20.4. The molecule has 0 aliphatic rings.